The number of benzene rings is 1. The van der Waals surface area contributed by atoms with Crippen LogP contribution >= 0.6 is 0 Å². The summed E-state index contributed by atoms with van der Waals surface area (Å²) in [6.07, 6.45) is -0.629. The van der Waals surface area contributed by atoms with Crippen molar-refractivity contribution in [1.82, 2.24) is 0 Å². The number of rotatable bonds is 3. The molecule has 1 unspecified atom stereocenters. The van der Waals surface area contributed by atoms with E-state index in [9.17, 15) is 4.79 Å². The zero-order valence-corrected chi connectivity index (χ0v) is 9.11. The molecule has 1 aromatic rings. The van der Waals surface area contributed by atoms with Crippen molar-refractivity contribution in [3.05, 3.63) is 23.8 Å². The van der Waals surface area contributed by atoms with Gasteiger partial charge >= 0.3 is 5.97 Å². The lowest BCUT2D eigenvalue weighted by atomic mass is 10.2. The first-order chi connectivity index (χ1) is 7.06. The average molecular weight is 209 g/mol. The van der Waals surface area contributed by atoms with Crippen LogP contribution in [-0.4, -0.2) is 19.2 Å². The standard InChI is InChI=1S/C11H15NO3/c1-7-9(12)5-4-6-10(7)15-8(2)11(13)14-3/h4-6,8H,12H2,1-3H3. The van der Waals surface area contributed by atoms with Crippen molar-refractivity contribution >= 4 is 11.7 Å². The molecule has 0 amide bonds. The quantitative estimate of drug-likeness (QED) is 0.605. The van der Waals surface area contributed by atoms with Crippen LogP contribution in [-0.2, 0) is 9.53 Å². The Bertz CT molecular complexity index is 363. The van der Waals surface area contributed by atoms with Crippen molar-refractivity contribution in [2.75, 3.05) is 12.8 Å². The smallest absolute Gasteiger partial charge is 0.346 e. The Morgan fingerprint density at radius 2 is 2.13 bits per heavy atom. The van der Waals surface area contributed by atoms with E-state index in [4.69, 9.17) is 10.5 Å². The van der Waals surface area contributed by atoms with Gasteiger partial charge in [-0.25, -0.2) is 4.79 Å². The normalized spacial score (nSPS) is 11.9. The van der Waals surface area contributed by atoms with Crippen molar-refractivity contribution in [2.45, 2.75) is 20.0 Å². The molecule has 0 radical (unpaired) electrons. The topological polar surface area (TPSA) is 61.5 Å². The van der Waals surface area contributed by atoms with Crippen LogP contribution < -0.4 is 10.5 Å². The minimum atomic E-state index is -0.629. The Morgan fingerprint density at radius 1 is 1.47 bits per heavy atom. The van der Waals surface area contributed by atoms with Gasteiger partial charge in [-0.05, 0) is 26.0 Å². The lowest BCUT2D eigenvalue weighted by molar-refractivity contribution is -0.147. The van der Waals surface area contributed by atoms with E-state index in [-0.39, 0.29) is 0 Å². The van der Waals surface area contributed by atoms with Gasteiger partial charge in [0.05, 0.1) is 7.11 Å². The molecule has 1 aromatic carbocycles. The molecule has 0 aromatic heterocycles. The molecule has 4 nitrogen and oxygen atoms in total. The molecule has 0 saturated carbocycles. The van der Waals surface area contributed by atoms with Gasteiger partial charge in [0.25, 0.3) is 0 Å². The molecule has 0 saturated heterocycles. The molecular formula is C11H15NO3. The maximum Gasteiger partial charge on any atom is 0.346 e. The van der Waals surface area contributed by atoms with Crippen LogP contribution in [0.1, 0.15) is 12.5 Å². The fourth-order valence-electron chi connectivity index (χ4n) is 1.16. The zero-order valence-electron chi connectivity index (χ0n) is 9.11. The molecular weight excluding hydrogens is 194 g/mol. The third kappa shape index (κ3) is 2.62. The number of carbonyl (C=O) groups is 1. The molecule has 1 atom stereocenters. The lowest BCUT2D eigenvalue weighted by Gasteiger charge is -2.15. The van der Waals surface area contributed by atoms with E-state index in [1.807, 2.05) is 6.92 Å². The molecule has 0 bridgehead atoms. The fraction of sp³-hybridized carbons (Fsp3) is 0.364. The molecule has 0 spiro atoms. The first-order valence-corrected chi connectivity index (χ1v) is 4.66. The number of carbonyl (C=O) groups excluding carboxylic acids is 1. The number of hydrogen-bond acceptors (Lipinski definition) is 4. The SMILES string of the molecule is COC(=O)C(C)Oc1cccc(N)c1C. The van der Waals surface area contributed by atoms with Gasteiger partial charge in [-0.3, -0.25) is 0 Å². The molecule has 0 aliphatic heterocycles. The Balaban J connectivity index is 2.81. The third-order valence-electron chi connectivity index (χ3n) is 2.16. The highest BCUT2D eigenvalue weighted by Gasteiger charge is 2.15. The van der Waals surface area contributed by atoms with Crippen molar-refractivity contribution in [3.63, 3.8) is 0 Å². The lowest BCUT2D eigenvalue weighted by Crippen LogP contribution is -2.25. The third-order valence-corrected chi connectivity index (χ3v) is 2.16. The van der Waals surface area contributed by atoms with Gasteiger partial charge < -0.3 is 15.2 Å². The number of nitrogen functional groups attached to an aromatic ring is 1. The minimum Gasteiger partial charge on any atom is -0.479 e. The van der Waals surface area contributed by atoms with E-state index in [0.29, 0.717) is 11.4 Å². The maximum atomic E-state index is 11.1. The number of esters is 1. The Morgan fingerprint density at radius 3 is 2.73 bits per heavy atom. The molecule has 0 aliphatic carbocycles. The second-order valence-corrected chi connectivity index (χ2v) is 3.25. The monoisotopic (exact) mass is 209 g/mol. The Kier molecular flexibility index (Phi) is 3.55. The summed E-state index contributed by atoms with van der Waals surface area (Å²) in [6.45, 7) is 3.48. The Labute approximate surface area is 89.0 Å². The highest BCUT2D eigenvalue weighted by Crippen LogP contribution is 2.23. The van der Waals surface area contributed by atoms with Crippen molar-refractivity contribution < 1.29 is 14.3 Å². The van der Waals surface area contributed by atoms with E-state index in [1.54, 1.807) is 25.1 Å². The average Bonchev–Trinajstić information content (AvgIpc) is 2.23. The number of anilines is 1. The summed E-state index contributed by atoms with van der Waals surface area (Å²) >= 11 is 0. The second-order valence-electron chi connectivity index (χ2n) is 3.25. The highest BCUT2D eigenvalue weighted by molar-refractivity contribution is 5.74. The molecule has 2 N–H and O–H groups in total. The summed E-state index contributed by atoms with van der Waals surface area (Å²) in [5, 5.41) is 0. The number of ether oxygens (including phenoxy) is 2. The van der Waals surface area contributed by atoms with E-state index < -0.39 is 12.1 Å². The summed E-state index contributed by atoms with van der Waals surface area (Å²) in [6, 6.07) is 5.33. The maximum absolute atomic E-state index is 11.1. The van der Waals surface area contributed by atoms with Crippen LogP contribution in [0.2, 0.25) is 0 Å². The summed E-state index contributed by atoms with van der Waals surface area (Å²) in [5.74, 6) is 0.199. The van der Waals surface area contributed by atoms with Crippen LogP contribution in [0.15, 0.2) is 18.2 Å². The molecule has 4 heteroatoms. The molecule has 15 heavy (non-hydrogen) atoms. The number of nitrogens with two attached hydrogens (primary N) is 1. The van der Waals surface area contributed by atoms with Gasteiger partial charge in [0.2, 0.25) is 0 Å². The summed E-state index contributed by atoms with van der Waals surface area (Å²) in [5.41, 5.74) is 7.18. The van der Waals surface area contributed by atoms with Crippen LogP contribution in [0.4, 0.5) is 5.69 Å². The van der Waals surface area contributed by atoms with E-state index in [1.165, 1.54) is 7.11 Å². The van der Waals surface area contributed by atoms with Gasteiger partial charge in [0.15, 0.2) is 6.10 Å². The molecule has 0 heterocycles. The first-order valence-electron chi connectivity index (χ1n) is 4.66. The fourth-order valence-corrected chi connectivity index (χ4v) is 1.16. The summed E-state index contributed by atoms with van der Waals surface area (Å²) in [7, 11) is 1.33. The van der Waals surface area contributed by atoms with E-state index in [0.717, 1.165) is 5.56 Å². The largest absolute Gasteiger partial charge is 0.479 e. The van der Waals surface area contributed by atoms with Gasteiger partial charge in [-0.1, -0.05) is 6.07 Å². The van der Waals surface area contributed by atoms with Gasteiger partial charge in [0, 0.05) is 11.3 Å². The van der Waals surface area contributed by atoms with E-state index >= 15 is 0 Å². The molecule has 0 fully saturated rings. The highest BCUT2D eigenvalue weighted by atomic mass is 16.6. The summed E-state index contributed by atoms with van der Waals surface area (Å²) in [4.78, 5) is 11.1. The first kappa shape index (κ1) is 11.4. The predicted molar refractivity (Wildman–Crippen MR) is 57.7 cm³/mol. The summed E-state index contributed by atoms with van der Waals surface area (Å²) < 4.78 is 9.98. The van der Waals surface area contributed by atoms with Crippen LogP contribution in [0, 0.1) is 6.92 Å². The van der Waals surface area contributed by atoms with E-state index in [2.05, 4.69) is 4.74 Å². The van der Waals surface area contributed by atoms with Gasteiger partial charge in [-0.2, -0.15) is 0 Å². The van der Waals surface area contributed by atoms with Crippen LogP contribution in [0.3, 0.4) is 0 Å². The van der Waals surface area contributed by atoms with Crippen LogP contribution in [0.5, 0.6) is 5.75 Å². The molecule has 1 rings (SSSR count). The number of methoxy groups -OCH3 is 1. The second kappa shape index (κ2) is 4.68. The predicted octanol–water partition coefficient (Wildman–Crippen LogP) is 1.52. The molecule has 0 aliphatic rings. The van der Waals surface area contributed by atoms with Gasteiger partial charge in [-0.15, -0.1) is 0 Å². The van der Waals surface area contributed by atoms with Crippen molar-refractivity contribution in [3.8, 4) is 5.75 Å². The minimum absolute atomic E-state index is 0.406. The Hall–Kier alpha value is -1.71. The van der Waals surface area contributed by atoms with Crippen molar-refractivity contribution in [2.24, 2.45) is 0 Å². The zero-order chi connectivity index (χ0) is 11.4. The number of hydrogen-bond donors (Lipinski definition) is 1. The van der Waals surface area contributed by atoms with Gasteiger partial charge in [0.1, 0.15) is 5.75 Å². The molecule has 82 valence electrons. The van der Waals surface area contributed by atoms with Crippen LogP contribution in [0.25, 0.3) is 0 Å². The van der Waals surface area contributed by atoms with Crippen molar-refractivity contribution in [1.29, 1.82) is 0 Å².